The summed E-state index contributed by atoms with van der Waals surface area (Å²) in [5, 5.41) is 3.02. The van der Waals surface area contributed by atoms with Gasteiger partial charge in [-0.05, 0) is 0 Å². The number of hydrogen-bond acceptors (Lipinski definition) is 8. The van der Waals surface area contributed by atoms with Crippen LogP contribution in [0.15, 0.2) is 0 Å². The molecule has 3 heterocycles. The molecule has 128 valence electrons. The Kier molecular flexibility index (Phi) is 11.2. The van der Waals surface area contributed by atoms with E-state index in [2.05, 4.69) is 85.4 Å². The van der Waals surface area contributed by atoms with Crippen LogP contribution in [0.3, 0.4) is 0 Å². The van der Waals surface area contributed by atoms with Crippen molar-refractivity contribution in [2.24, 2.45) is 0 Å². The first-order valence-corrected chi connectivity index (χ1v) is 25.3. The van der Waals surface area contributed by atoms with Crippen molar-refractivity contribution >= 4 is 101 Å². The number of thioether (sulfide) groups is 5. The summed E-state index contributed by atoms with van der Waals surface area (Å²) in [6.07, 6.45) is 0. The van der Waals surface area contributed by atoms with Gasteiger partial charge in [-0.15, -0.1) is 0 Å². The van der Waals surface area contributed by atoms with Gasteiger partial charge in [0.25, 0.3) is 0 Å². The third-order valence-electron chi connectivity index (χ3n) is 3.32. The predicted octanol–water partition coefficient (Wildman–Crippen LogP) is 4.98. The standard InChI is InChI=1S/2C5H10S3.C3H6S2.Sb/c2*6-1-2-8-5-3-7-4-5;4-3-1-5-2-3;/h2*5-6H,1-4H2;3-4H,1-2H2;/q;;;+3/p-3. The number of rotatable bonds is 12. The zero-order valence-corrected chi connectivity index (χ0v) is 21.6. The fourth-order valence-electron chi connectivity index (χ4n) is 1.77. The topological polar surface area (TPSA) is 0 Å². The Bertz CT molecular complexity index is 286. The van der Waals surface area contributed by atoms with Crippen LogP contribution in [-0.4, -0.2) is 89.3 Å². The van der Waals surface area contributed by atoms with Gasteiger partial charge in [0.05, 0.1) is 0 Å². The molecule has 0 aromatic carbocycles. The first-order valence-electron chi connectivity index (χ1n) is 7.59. The zero-order valence-electron chi connectivity index (χ0n) is 12.5. The van der Waals surface area contributed by atoms with Crippen LogP contribution in [0, 0.1) is 0 Å². The molecule has 0 saturated carbocycles. The summed E-state index contributed by atoms with van der Waals surface area (Å²) in [6.45, 7) is 0. The van der Waals surface area contributed by atoms with Crippen LogP contribution in [0.4, 0.5) is 0 Å². The van der Waals surface area contributed by atoms with E-state index in [0.29, 0.717) is 0 Å². The molecule has 0 radical (unpaired) electrons. The second-order valence-corrected chi connectivity index (χ2v) is 33.0. The quantitative estimate of drug-likeness (QED) is 0.240. The Morgan fingerprint density at radius 3 is 1.45 bits per heavy atom. The summed E-state index contributed by atoms with van der Waals surface area (Å²) in [4.78, 5) is 0. The molecule has 3 aliphatic rings. The molecule has 0 nitrogen and oxygen atoms in total. The van der Waals surface area contributed by atoms with Gasteiger partial charge in [0, 0.05) is 0 Å². The molecule has 3 fully saturated rings. The van der Waals surface area contributed by atoms with E-state index in [9.17, 15) is 0 Å². The van der Waals surface area contributed by atoms with E-state index in [1.165, 1.54) is 57.5 Å². The summed E-state index contributed by atoms with van der Waals surface area (Å²) >= 11 is 9.75. The van der Waals surface area contributed by atoms with Gasteiger partial charge in [0.2, 0.25) is 0 Å². The van der Waals surface area contributed by atoms with Crippen LogP contribution in [-0.2, 0) is 0 Å². The molecule has 0 atom stereocenters. The first kappa shape index (κ1) is 20.4. The Morgan fingerprint density at radius 1 is 0.636 bits per heavy atom. The Hall–Kier alpha value is 3.62. The summed E-state index contributed by atoms with van der Waals surface area (Å²) in [5.41, 5.74) is 0. The second kappa shape index (κ2) is 12.2. The van der Waals surface area contributed by atoms with Crippen molar-refractivity contribution in [1.82, 2.24) is 0 Å². The predicted molar refractivity (Wildman–Crippen MR) is 127 cm³/mol. The van der Waals surface area contributed by atoms with Gasteiger partial charge < -0.3 is 0 Å². The molecule has 0 bridgehead atoms. The van der Waals surface area contributed by atoms with E-state index in [-0.39, 0.29) is 0 Å². The van der Waals surface area contributed by atoms with E-state index >= 15 is 0 Å². The van der Waals surface area contributed by atoms with Crippen LogP contribution < -0.4 is 0 Å². The molecule has 0 N–H and O–H groups in total. The van der Waals surface area contributed by atoms with Crippen molar-refractivity contribution in [2.45, 2.75) is 15.7 Å². The van der Waals surface area contributed by atoms with Crippen LogP contribution in [0.2, 0.25) is 0 Å². The van der Waals surface area contributed by atoms with E-state index in [1.54, 1.807) is 0 Å². The molecule has 0 aromatic heterocycles. The van der Waals surface area contributed by atoms with Gasteiger partial charge in [-0.25, -0.2) is 0 Å². The van der Waals surface area contributed by atoms with Crippen molar-refractivity contribution in [2.75, 3.05) is 57.5 Å². The normalized spacial score (nSPS) is 23.3. The summed E-state index contributed by atoms with van der Waals surface area (Å²) in [7, 11) is 7.28. The summed E-state index contributed by atoms with van der Waals surface area (Å²) in [5.74, 6) is 14.2. The molecular weight excluding hydrogens is 534 g/mol. The average molecular weight is 558 g/mol. The minimum absolute atomic E-state index is 0.996. The van der Waals surface area contributed by atoms with Gasteiger partial charge in [-0.3, -0.25) is 0 Å². The third-order valence-corrected chi connectivity index (χ3v) is 36.1. The Balaban J connectivity index is 1.25. The monoisotopic (exact) mass is 556 g/mol. The van der Waals surface area contributed by atoms with Crippen LogP contribution in [0.25, 0.3) is 0 Å². The second-order valence-electron chi connectivity index (χ2n) is 5.22. The third kappa shape index (κ3) is 7.70. The van der Waals surface area contributed by atoms with E-state index < -0.39 is 16.0 Å². The molecule has 0 aromatic rings. The van der Waals surface area contributed by atoms with Gasteiger partial charge in [0.15, 0.2) is 0 Å². The van der Waals surface area contributed by atoms with Gasteiger partial charge in [0.1, 0.15) is 0 Å². The Morgan fingerprint density at radius 2 is 1.09 bits per heavy atom. The fourth-order valence-corrected chi connectivity index (χ4v) is 37.7. The average Bonchev–Trinajstić information content (AvgIpc) is 2.37. The summed E-state index contributed by atoms with van der Waals surface area (Å²) < 4.78 is 0. The maximum atomic E-state index is 2.45. The van der Waals surface area contributed by atoms with Gasteiger partial charge in [-0.2, -0.15) is 0 Å². The molecule has 3 aliphatic heterocycles. The van der Waals surface area contributed by atoms with Crippen LogP contribution >= 0.6 is 85.4 Å². The van der Waals surface area contributed by atoms with Gasteiger partial charge >= 0.3 is 175 Å². The molecule has 0 spiro atoms. The van der Waals surface area contributed by atoms with Crippen molar-refractivity contribution in [1.29, 1.82) is 0 Å². The molecule has 0 aliphatic carbocycles. The van der Waals surface area contributed by atoms with E-state index in [1.807, 2.05) is 0 Å². The first-order chi connectivity index (χ1) is 10.9. The van der Waals surface area contributed by atoms with Crippen LogP contribution in [0.1, 0.15) is 0 Å². The van der Waals surface area contributed by atoms with Gasteiger partial charge in [-0.1, -0.05) is 0 Å². The molecule has 3 rings (SSSR count). The van der Waals surface area contributed by atoms with Crippen LogP contribution in [0.5, 0.6) is 0 Å². The van der Waals surface area contributed by atoms with Crippen molar-refractivity contribution < 1.29 is 0 Å². The van der Waals surface area contributed by atoms with Crippen molar-refractivity contribution in [3.8, 4) is 0 Å². The minimum atomic E-state index is -1.13. The van der Waals surface area contributed by atoms with E-state index in [4.69, 9.17) is 0 Å². The van der Waals surface area contributed by atoms with Crippen molar-refractivity contribution in [3.05, 3.63) is 0 Å². The maximum absolute atomic E-state index is 2.45. The molecular formula is C13H23S8Sb. The molecule has 3 saturated heterocycles. The fraction of sp³-hybridized carbons (Fsp3) is 1.00. The molecule has 9 heteroatoms. The molecule has 0 unspecified atom stereocenters. The zero-order chi connectivity index (χ0) is 15.0. The number of hydrogen-bond donors (Lipinski definition) is 0. The van der Waals surface area contributed by atoms with E-state index in [0.717, 1.165) is 15.7 Å². The molecule has 22 heavy (non-hydrogen) atoms. The Labute approximate surface area is 172 Å². The van der Waals surface area contributed by atoms with Crippen molar-refractivity contribution in [3.63, 3.8) is 0 Å². The summed E-state index contributed by atoms with van der Waals surface area (Å²) in [6, 6.07) is 0. The molecule has 0 amide bonds. The SMILES string of the molecule is C(C[S][Sb]([S]CCSC1CSC1)[S]C1CSC1)SC1CSC1.